The Balaban J connectivity index is 1.51. The molecule has 158 valence electrons. The van der Waals surface area contributed by atoms with Crippen LogP contribution in [0.15, 0.2) is 56.6 Å². The number of sulfonamides is 1. The number of hydrogen-bond donors (Lipinski definition) is 1. The second-order valence-electron chi connectivity index (χ2n) is 7.67. The predicted octanol–water partition coefficient (Wildman–Crippen LogP) is 2.62. The van der Waals surface area contributed by atoms with Gasteiger partial charge in [0.15, 0.2) is 0 Å². The standard InChI is InChI=1S/C22H24N2O5S/c1-15-3-5-18(6-4-15)30(27,28)24-11-9-23(10-12-24)14-17-13-21(26)29-22-16(2)20(25)8-7-19(17)22/h3-8,13,25H,9-12,14H2,1-2H3. The van der Waals surface area contributed by atoms with Crippen molar-refractivity contribution in [2.45, 2.75) is 25.3 Å². The summed E-state index contributed by atoms with van der Waals surface area (Å²) in [6.45, 7) is 6.02. The highest BCUT2D eigenvalue weighted by Gasteiger charge is 2.28. The summed E-state index contributed by atoms with van der Waals surface area (Å²) in [7, 11) is -3.51. The lowest BCUT2D eigenvalue weighted by Crippen LogP contribution is -2.48. The molecule has 0 saturated carbocycles. The van der Waals surface area contributed by atoms with Crippen LogP contribution in [0.1, 0.15) is 16.7 Å². The maximum absolute atomic E-state index is 12.9. The Hall–Kier alpha value is -2.68. The van der Waals surface area contributed by atoms with Gasteiger partial charge in [-0.1, -0.05) is 17.7 Å². The molecular weight excluding hydrogens is 404 g/mol. The Morgan fingerprint density at radius 2 is 1.67 bits per heavy atom. The Bertz CT molecular complexity index is 1240. The minimum absolute atomic E-state index is 0.0812. The molecule has 30 heavy (non-hydrogen) atoms. The number of nitrogens with zero attached hydrogens (tertiary/aromatic N) is 2. The maximum Gasteiger partial charge on any atom is 0.336 e. The highest BCUT2D eigenvalue weighted by Crippen LogP contribution is 2.28. The number of aromatic hydroxyl groups is 1. The van der Waals surface area contributed by atoms with Crippen molar-refractivity contribution in [3.63, 3.8) is 0 Å². The van der Waals surface area contributed by atoms with Gasteiger partial charge < -0.3 is 9.52 Å². The van der Waals surface area contributed by atoms with E-state index in [9.17, 15) is 18.3 Å². The third-order valence-corrected chi connectivity index (χ3v) is 7.51. The fourth-order valence-electron chi connectivity index (χ4n) is 3.77. The van der Waals surface area contributed by atoms with E-state index in [1.165, 1.54) is 10.4 Å². The molecule has 8 heteroatoms. The van der Waals surface area contributed by atoms with Gasteiger partial charge in [-0.2, -0.15) is 4.31 Å². The number of fused-ring (bicyclic) bond motifs is 1. The van der Waals surface area contributed by atoms with Crippen molar-refractivity contribution >= 4 is 21.0 Å². The smallest absolute Gasteiger partial charge is 0.336 e. The molecule has 0 amide bonds. The van der Waals surface area contributed by atoms with Crippen LogP contribution in [0.2, 0.25) is 0 Å². The van der Waals surface area contributed by atoms with E-state index < -0.39 is 15.6 Å². The molecule has 4 rings (SSSR count). The van der Waals surface area contributed by atoms with Gasteiger partial charge in [-0.15, -0.1) is 0 Å². The molecule has 0 bridgehead atoms. The van der Waals surface area contributed by atoms with Crippen LogP contribution in [0.3, 0.4) is 0 Å². The van der Waals surface area contributed by atoms with Crippen LogP contribution in [0, 0.1) is 13.8 Å². The van der Waals surface area contributed by atoms with Crippen LogP contribution in [-0.4, -0.2) is 48.9 Å². The van der Waals surface area contributed by atoms with Crippen LogP contribution >= 0.6 is 0 Å². The number of phenolic OH excluding ortho intramolecular Hbond substituents is 1. The van der Waals surface area contributed by atoms with Gasteiger partial charge in [0.1, 0.15) is 11.3 Å². The largest absolute Gasteiger partial charge is 0.508 e. The van der Waals surface area contributed by atoms with Gasteiger partial charge in [0.05, 0.1) is 4.90 Å². The molecule has 1 aliphatic heterocycles. The number of rotatable bonds is 4. The zero-order valence-corrected chi connectivity index (χ0v) is 17.8. The molecule has 1 N–H and O–H groups in total. The van der Waals surface area contributed by atoms with Crippen molar-refractivity contribution in [2.75, 3.05) is 26.2 Å². The van der Waals surface area contributed by atoms with E-state index in [1.807, 2.05) is 6.92 Å². The van der Waals surface area contributed by atoms with Gasteiger partial charge in [0.2, 0.25) is 10.0 Å². The van der Waals surface area contributed by atoms with Crippen LogP contribution < -0.4 is 5.63 Å². The number of phenols is 1. The lowest BCUT2D eigenvalue weighted by molar-refractivity contribution is 0.182. The molecule has 2 heterocycles. The Kier molecular flexibility index (Phi) is 5.40. The summed E-state index contributed by atoms with van der Waals surface area (Å²) in [5.74, 6) is 0.0812. The third kappa shape index (κ3) is 3.86. The van der Waals surface area contributed by atoms with Crippen molar-refractivity contribution in [1.82, 2.24) is 9.21 Å². The molecule has 3 aromatic rings. The van der Waals surface area contributed by atoms with Gasteiger partial charge in [-0.3, -0.25) is 4.90 Å². The highest BCUT2D eigenvalue weighted by molar-refractivity contribution is 7.89. The lowest BCUT2D eigenvalue weighted by atomic mass is 10.1. The molecule has 2 aromatic carbocycles. The Morgan fingerprint density at radius 1 is 1.00 bits per heavy atom. The van der Waals surface area contributed by atoms with Crippen molar-refractivity contribution in [1.29, 1.82) is 0 Å². The summed E-state index contributed by atoms with van der Waals surface area (Å²) in [6, 6.07) is 11.7. The van der Waals surface area contributed by atoms with Crippen LogP contribution in [0.4, 0.5) is 0 Å². The first-order chi connectivity index (χ1) is 14.3. The molecule has 1 aliphatic rings. The molecule has 0 spiro atoms. The Labute approximate surface area is 175 Å². The van der Waals surface area contributed by atoms with Gasteiger partial charge in [-0.25, -0.2) is 13.2 Å². The van der Waals surface area contributed by atoms with Gasteiger partial charge in [0, 0.05) is 49.7 Å². The topological polar surface area (TPSA) is 91.1 Å². The first-order valence-corrected chi connectivity index (χ1v) is 11.2. The monoisotopic (exact) mass is 428 g/mol. The summed E-state index contributed by atoms with van der Waals surface area (Å²) >= 11 is 0. The second kappa shape index (κ2) is 7.86. The molecule has 7 nitrogen and oxygen atoms in total. The first-order valence-electron chi connectivity index (χ1n) is 9.80. The quantitative estimate of drug-likeness (QED) is 0.643. The number of piperazine rings is 1. The minimum atomic E-state index is -3.51. The first kappa shape index (κ1) is 20.6. The molecule has 0 unspecified atom stereocenters. The second-order valence-corrected chi connectivity index (χ2v) is 9.61. The number of benzene rings is 2. The molecule has 0 atom stereocenters. The van der Waals surface area contributed by atoms with Crippen LogP contribution in [0.5, 0.6) is 5.75 Å². The van der Waals surface area contributed by atoms with E-state index in [-0.39, 0.29) is 5.75 Å². The van der Waals surface area contributed by atoms with Crippen molar-refractivity contribution in [2.24, 2.45) is 0 Å². The molecule has 1 fully saturated rings. The highest BCUT2D eigenvalue weighted by atomic mass is 32.2. The lowest BCUT2D eigenvalue weighted by Gasteiger charge is -2.34. The van der Waals surface area contributed by atoms with Crippen LogP contribution in [0.25, 0.3) is 11.0 Å². The van der Waals surface area contributed by atoms with E-state index in [0.29, 0.717) is 48.8 Å². The Morgan fingerprint density at radius 3 is 2.33 bits per heavy atom. The van der Waals surface area contributed by atoms with E-state index in [1.54, 1.807) is 43.3 Å². The maximum atomic E-state index is 12.9. The molecular formula is C22H24N2O5S. The van der Waals surface area contributed by atoms with E-state index in [0.717, 1.165) is 16.5 Å². The summed E-state index contributed by atoms with van der Waals surface area (Å²) in [4.78, 5) is 14.5. The van der Waals surface area contributed by atoms with E-state index in [2.05, 4.69) is 4.90 Å². The third-order valence-electron chi connectivity index (χ3n) is 5.60. The van der Waals surface area contributed by atoms with E-state index >= 15 is 0 Å². The fourth-order valence-corrected chi connectivity index (χ4v) is 5.20. The summed E-state index contributed by atoms with van der Waals surface area (Å²) in [6.07, 6.45) is 0. The summed E-state index contributed by atoms with van der Waals surface area (Å²) in [5.41, 5.74) is 2.27. The van der Waals surface area contributed by atoms with E-state index in [4.69, 9.17) is 4.42 Å². The average molecular weight is 429 g/mol. The van der Waals surface area contributed by atoms with Crippen molar-refractivity contribution < 1.29 is 17.9 Å². The summed E-state index contributed by atoms with van der Waals surface area (Å²) < 4.78 is 32.6. The molecule has 1 saturated heterocycles. The normalized spacial score (nSPS) is 16.2. The van der Waals surface area contributed by atoms with Gasteiger partial charge in [-0.05, 0) is 43.7 Å². The minimum Gasteiger partial charge on any atom is -0.508 e. The zero-order valence-electron chi connectivity index (χ0n) is 17.0. The molecule has 0 radical (unpaired) electrons. The number of aryl methyl sites for hydroxylation is 2. The van der Waals surface area contributed by atoms with Crippen LogP contribution in [-0.2, 0) is 16.6 Å². The summed E-state index contributed by atoms with van der Waals surface area (Å²) in [5, 5.41) is 10.7. The molecule has 0 aliphatic carbocycles. The molecule has 1 aromatic heterocycles. The number of hydrogen-bond acceptors (Lipinski definition) is 6. The van der Waals surface area contributed by atoms with Gasteiger partial charge in [0.25, 0.3) is 0 Å². The average Bonchev–Trinajstić information content (AvgIpc) is 2.72. The predicted molar refractivity (Wildman–Crippen MR) is 114 cm³/mol. The SMILES string of the molecule is Cc1ccc(S(=O)(=O)N2CCN(Cc3cc(=O)oc4c(C)c(O)ccc34)CC2)cc1. The van der Waals surface area contributed by atoms with Crippen molar-refractivity contribution in [3.8, 4) is 5.75 Å². The zero-order chi connectivity index (χ0) is 21.5. The van der Waals surface area contributed by atoms with Crippen molar-refractivity contribution in [3.05, 3.63) is 69.6 Å². The van der Waals surface area contributed by atoms with Gasteiger partial charge >= 0.3 is 5.63 Å². The fraction of sp³-hybridized carbons (Fsp3) is 0.318.